The summed E-state index contributed by atoms with van der Waals surface area (Å²) in [4.78, 5) is 11.2. The first-order valence-corrected chi connectivity index (χ1v) is 5.39. The Kier molecular flexibility index (Phi) is 4.79. The van der Waals surface area contributed by atoms with Crippen LogP contribution in [0.4, 0.5) is 0 Å². The molecule has 1 atom stereocenters. The molecule has 0 spiro atoms. The molecule has 1 rings (SSSR count). The zero-order valence-electron chi connectivity index (χ0n) is 9.69. The Bertz CT molecular complexity index is 351. The zero-order chi connectivity index (χ0) is 12.0. The third-order valence-electron chi connectivity index (χ3n) is 2.14. The van der Waals surface area contributed by atoms with Gasteiger partial charge in [-0.05, 0) is 19.9 Å². The van der Waals surface area contributed by atoms with Gasteiger partial charge < -0.3 is 15.8 Å². The summed E-state index contributed by atoms with van der Waals surface area (Å²) >= 11 is 0. The van der Waals surface area contributed by atoms with Gasteiger partial charge in [0.2, 0.25) is 0 Å². The molecule has 4 heteroatoms. The average Bonchev–Trinajstić information content (AvgIpc) is 2.27. The number of para-hydroxylation sites is 1. The van der Waals surface area contributed by atoms with Crippen molar-refractivity contribution in [2.45, 2.75) is 19.9 Å². The molecular weight excluding hydrogens is 204 g/mol. The van der Waals surface area contributed by atoms with Crippen molar-refractivity contribution in [3.63, 3.8) is 0 Å². The van der Waals surface area contributed by atoms with E-state index in [-0.39, 0.29) is 18.6 Å². The minimum Gasteiger partial charge on any atom is -0.483 e. The largest absolute Gasteiger partial charge is 0.483 e. The van der Waals surface area contributed by atoms with Gasteiger partial charge in [0.1, 0.15) is 5.75 Å². The van der Waals surface area contributed by atoms with Gasteiger partial charge >= 0.3 is 0 Å². The van der Waals surface area contributed by atoms with Gasteiger partial charge in [0.15, 0.2) is 6.61 Å². The summed E-state index contributed by atoms with van der Waals surface area (Å²) in [6.07, 6.45) is 0. The number of hydrogen-bond acceptors (Lipinski definition) is 3. The summed E-state index contributed by atoms with van der Waals surface area (Å²) < 4.78 is 5.42. The van der Waals surface area contributed by atoms with Crippen LogP contribution in [0.15, 0.2) is 24.3 Å². The number of carbonyl (C=O) groups is 1. The van der Waals surface area contributed by atoms with Gasteiger partial charge in [-0.25, -0.2) is 0 Å². The van der Waals surface area contributed by atoms with E-state index in [4.69, 9.17) is 10.5 Å². The number of rotatable bonds is 5. The smallest absolute Gasteiger partial charge is 0.257 e. The maximum atomic E-state index is 11.2. The minimum atomic E-state index is -0.123. The van der Waals surface area contributed by atoms with Gasteiger partial charge in [-0.2, -0.15) is 0 Å². The molecule has 0 saturated carbocycles. The van der Waals surface area contributed by atoms with E-state index in [1.807, 2.05) is 38.1 Å². The summed E-state index contributed by atoms with van der Waals surface area (Å²) in [6.45, 7) is 4.39. The number of carbonyl (C=O) groups excluding carboxylic acids is 1. The lowest BCUT2D eigenvalue weighted by Crippen LogP contribution is -2.28. The fourth-order valence-corrected chi connectivity index (χ4v) is 1.38. The van der Waals surface area contributed by atoms with Crippen molar-refractivity contribution in [1.29, 1.82) is 0 Å². The highest BCUT2D eigenvalue weighted by Crippen LogP contribution is 2.22. The fourth-order valence-electron chi connectivity index (χ4n) is 1.38. The molecule has 1 aromatic carbocycles. The van der Waals surface area contributed by atoms with Crippen molar-refractivity contribution in [2.75, 3.05) is 13.2 Å². The minimum absolute atomic E-state index is 0.0254. The van der Waals surface area contributed by atoms with Crippen molar-refractivity contribution in [2.24, 2.45) is 5.73 Å². The third kappa shape index (κ3) is 3.55. The molecule has 88 valence electrons. The normalized spacial score (nSPS) is 11.9. The van der Waals surface area contributed by atoms with Gasteiger partial charge in [-0.1, -0.05) is 18.2 Å². The molecule has 0 bridgehead atoms. The van der Waals surface area contributed by atoms with Crippen LogP contribution in [0.25, 0.3) is 0 Å². The molecule has 4 nitrogen and oxygen atoms in total. The number of likely N-dealkylation sites (N-methyl/N-ethyl adjacent to an activating group) is 1. The van der Waals surface area contributed by atoms with Gasteiger partial charge in [0, 0.05) is 18.2 Å². The maximum Gasteiger partial charge on any atom is 0.257 e. The van der Waals surface area contributed by atoms with Crippen LogP contribution in [0.1, 0.15) is 25.5 Å². The topological polar surface area (TPSA) is 64.3 Å². The lowest BCUT2D eigenvalue weighted by molar-refractivity contribution is -0.123. The van der Waals surface area contributed by atoms with Crippen LogP contribution < -0.4 is 15.8 Å². The van der Waals surface area contributed by atoms with Crippen LogP contribution in [-0.2, 0) is 4.79 Å². The van der Waals surface area contributed by atoms with E-state index in [1.165, 1.54) is 0 Å². The first-order chi connectivity index (χ1) is 7.65. The van der Waals surface area contributed by atoms with Crippen LogP contribution in [0.2, 0.25) is 0 Å². The second kappa shape index (κ2) is 6.12. The summed E-state index contributed by atoms with van der Waals surface area (Å²) in [5.74, 6) is 0.547. The number of nitrogens with one attached hydrogen (secondary N) is 1. The maximum absolute atomic E-state index is 11.2. The number of benzene rings is 1. The molecule has 0 aliphatic carbocycles. The van der Waals surface area contributed by atoms with E-state index >= 15 is 0 Å². The van der Waals surface area contributed by atoms with Crippen LogP contribution >= 0.6 is 0 Å². The second-order valence-corrected chi connectivity index (χ2v) is 3.57. The summed E-state index contributed by atoms with van der Waals surface area (Å²) in [6, 6.07) is 7.37. The summed E-state index contributed by atoms with van der Waals surface area (Å²) in [5, 5.41) is 2.67. The molecule has 0 saturated heterocycles. The predicted molar refractivity (Wildman–Crippen MR) is 63.2 cm³/mol. The van der Waals surface area contributed by atoms with Gasteiger partial charge in [-0.3, -0.25) is 4.79 Å². The highest BCUT2D eigenvalue weighted by molar-refractivity contribution is 5.77. The molecular formula is C12H18N2O2. The quantitative estimate of drug-likeness (QED) is 0.787. The molecule has 0 aliphatic heterocycles. The molecule has 0 fully saturated rings. The van der Waals surface area contributed by atoms with Crippen molar-refractivity contribution in [3.05, 3.63) is 29.8 Å². The Morgan fingerprint density at radius 2 is 2.19 bits per heavy atom. The number of nitrogens with two attached hydrogens (primary N) is 1. The Hall–Kier alpha value is -1.55. The molecule has 0 aromatic heterocycles. The molecule has 1 aromatic rings. The standard InChI is InChI=1S/C12H18N2O2/c1-3-14-12(15)8-16-11-7-5-4-6-10(11)9(2)13/h4-7,9H,3,8,13H2,1-2H3,(H,14,15). The van der Waals surface area contributed by atoms with Crippen molar-refractivity contribution in [3.8, 4) is 5.75 Å². The van der Waals surface area contributed by atoms with E-state index in [1.54, 1.807) is 0 Å². The Labute approximate surface area is 95.8 Å². The molecule has 3 N–H and O–H groups in total. The second-order valence-electron chi connectivity index (χ2n) is 3.57. The Morgan fingerprint density at radius 3 is 2.81 bits per heavy atom. The lowest BCUT2D eigenvalue weighted by Gasteiger charge is -2.13. The highest BCUT2D eigenvalue weighted by atomic mass is 16.5. The zero-order valence-corrected chi connectivity index (χ0v) is 9.69. The molecule has 0 radical (unpaired) electrons. The van der Waals surface area contributed by atoms with E-state index < -0.39 is 0 Å². The first-order valence-electron chi connectivity index (χ1n) is 5.39. The molecule has 16 heavy (non-hydrogen) atoms. The molecule has 0 aliphatic rings. The fraction of sp³-hybridized carbons (Fsp3) is 0.417. The Morgan fingerprint density at radius 1 is 1.50 bits per heavy atom. The van der Waals surface area contributed by atoms with Crippen molar-refractivity contribution >= 4 is 5.91 Å². The third-order valence-corrected chi connectivity index (χ3v) is 2.14. The van der Waals surface area contributed by atoms with Crippen LogP contribution in [0, 0.1) is 0 Å². The number of hydrogen-bond donors (Lipinski definition) is 2. The first kappa shape index (κ1) is 12.5. The van der Waals surface area contributed by atoms with Gasteiger partial charge in [-0.15, -0.1) is 0 Å². The highest BCUT2D eigenvalue weighted by Gasteiger charge is 2.08. The Balaban J connectivity index is 2.63. The molecule has 1 unspecified atom stereocenters. The average molecular weight is 222 g/mol. The monoisotopic (exact) mass is 222 g/mol. The predicted octanol–water partition coefficient (Wildman–Crippen LogP) is 1.22. The lowest BCUT2D eigenvalue weighted by atomic mass is 10.1. The molecule has 0 heterocycles. The van der Waals surface area contributed by atoms with E-state index in [9.17, 15) is 4.79 Å². The van der Waals surface area contributed by atoms with Crippen LogP contribution in [-0.4, -0.2) is 19.1 Å². The van der Waals surface area contributed by atoms with Gasteiger partial charge in [0.25, 0.3) is 5.91 Å². The summed E-state index contributed by atoms with van der Waals surface area (Å²) in [5.41, 5.74) is 6.71. The van der Waals surface area contributed by atoms with E-state index in [2.05, 4.69) is 5.32 Å². The van der Waals surface area contributed by atoms with Crippen molar-refractivity contribution < 1.29 is 9.53 Å². The van der Waals surface area contributed by atoms with E-state index in [0.717, 1.165) is 5.56 Å². The van der Waals surface area contributed by atoms with E-state index in [0.29, 0.717) is 12.3 Å². The van der Waals surface area contributed by atoms with Crippen LogP contribution in [0.3, 0.4) is 0 Å². The molecule has 1 amide bonds. The summed E-state index contributed by atoms with van der Waals surface area (Å²) in [7, 11) is 0. The SMILES string of the molecule is CCNC(=O)COc1ccccc1C(C)N. The number of amides is 1. The van der Waals surface area contributed by atoms with Crippen LogP contribution in [0.5, 0.6) is 5.75 Å². The van der Waals surface area contributed by atoms with Gasteiger partial charge in [0.05, 0.1) is 0 Å². The number of ether oxygens (including phenoxy) is 1. The van der Waals surface area contributed by atoms with Crippen molar-refractivity contribution in [1.82, 2.24) is 5.32 Å².